The number of nitrogens with zero attached hydrogens (tertiary/aromatic N) is 2. The van der Waals surface area contributed by atoms with Crippen LogP contribution in [0, 0.1) is 5.92 Å². The van der Waals surface area contributed by atoms with Gasteiger partial charge in [0.2, 0.25) is 11.8 Å². The number of phenolic OH excluding ortho intramolecular Hbond substituents is 1. The fraction of sp³-hybridized carbons (Fsp3) is 0.412. The Kier molecular flexibility index (Phi) is 8.99. The number of aryl methyl sites for hydroxylation is 1. The third-order valence-electron chi connectivity index (χ3n) is 8.45. The Morgan fingerprint density at radius 1 is 0.875 bits per heavy atom. The lowest BCUT2D eigenvalue weighted by atomic mass is 9.72. The fourth-order valence-electron chi connectivity index (χ4n) is 6.00. The number of phenols is 1. The number of rotatable bonds is 9. The van der Waals surface area contributed by atoms with Crippen molar-refractivity contribution in [3.05, 3.63) is 101 Å². The molecule has 0 spiro atoms. The highest BCUT2D eigenvalue weighted by Gasteiger charge is 2.42. The van der Waals surface area contributed by atoms with Crippen molar-refractivity contribution in [1.29, 1.82) is 0 Å². The van der Waals surface area contributed by atoms with Crippen LogP contribution in [0.4, 0.5) is 0 Å². The number of likely N-dealkylation sites (tertiary alicyclic amines) is 1. The summed E-state index contributed by atoms with van der Waals surface area (Å²) in [6.45, 7) is 4.93. The summed E-state index contributed by atoms with van der Waals surface area (Å²) in [5.74, 6) is 0.238. The van der Waals surface area contributed by atoms with Crippen LogP contribution in [0.1, 0.15) is 61.8 Å². The molecule has 0 aliphatic carbocycles. The highest BCUT2D eigenvalue weighted by molar-refractivity contribution is 5.87. The zero-order valence-corrected chi connectivity index (χ0v) is 24.1. The Morgan fingerprint density at radius 2 is 1.43 bits per heavy atom. The molecule has 0 unspecified atom stereocenters. The normalized spacial score (nSPS) is 14.7. The molecule has 1 aliphatic rings. The van der Waals surface area contributed by atoms with Gasteiger partial charge in [-0.1, -0.05) is 72.8 Å². The van der Waals surface area contributed by atoms with Gasteiger partial charge in [0.15, 0.2) is 0 Å². The SMILES string of the molecule is CN(C)C(=O)C(C)(C)c1ccc(CCCC(=O)N2CCC(C(O)(c3ccccc3)c3ccccc3)CC2)c(O)c1. The van der Waals surface area contributed by atoms with Gasteiger partial charge in [0.25, 0.3) is 0 Å². The maximum Gasteiger partial charge on any atom is 0.232 e. The minimum absolute atomic E-state index is 0.000407. The Bertz CT molecular complexity index is 1260. The second-order valence-electron chi connectivity index (χ2n) is 11.7. The van der Waals surface area contributed by atoms with Crippen LogP contribution in [0.25, 0.3) is 0 Å². The van der Waals surface area contributed by atoms with Crippen molar-refractivity contribution in [1.82, 2.24) is 9.80 Å². The largest absolute Gasteiger partial charge is 0.508 e. The molecule has 0 bridgehead atoms. The molecule has 1 fully saturated rings. The summed E-state index contributed by atoms with van der Waals surface area (Å²) in [4.78, 5) is 29.1. The van der Waals surface area contributed by atoms with E-state index in [1.807, 2.05) is 91.5 Å². The molecule has 1 heterocycles. The smallest absolute Gasteiger partial charge is 0.232 e. The van der Waals surface area contributed by atoms with E-state index in [1.165, 1.54) is 0 Å². The molecule has 0 saturated carbocycles. The van der Waals surface area contributed by atoms with Crippen LogP contribution in [0.5, 0.6) is 5.75 Å². The summed E-state index contributed by atoms with van der Waals surface area (Å²) < 4.78 is 0. The summed E-state index contributed by atoms with van der Waals surface area (Å²) in [5, 5.41) is 22.7. The van der Waals surface area contributed by atoms with Crippen molar-refractivity contribution in [3.8, 4) is 5.75 Å². The van der Waals surface area contributed by atoms with E-state index in [2.05, 4.69) is 0 Å². The zero-order valence-electron chi connectivity index (χ0n) is 24.1. The first-order chi connectivity index (χ1) is 19.0. The molecule has 40 heavy (non-hydrogen) atoms. The molecule has 3 aromatic carbocycles. The van der Waals surface area contributed by atoms with Gasteiger partial charge in [-0.25, -0.2) is 0 Å². The molecule has 3 aromatic rings. The van der Waals surface area contributed by atoms with Gasteiger partial charge in [0.1, 0.15) is 11.4 Å². The Labute approximate surface area is 238 Å². The van der Waals surface area contributed by atoms with Crippen molar-refractivity contribution in [2.45, 2.75) is 57.0 Å². The number of hydrogen-bond donors (Lipinski definition) is 2. The Balaban J connectivity index is 1.34. The van der Waals surface area contributed by atoms with Gasteiger partial charge in [0, 0.05) is 33.6 Å². The second kappa shape index (κ2) is 12.3. The van der Waals surface area contributed by atoms with Gasteiger partial charge < -0.3 is 20.0 Å². The lowest BCUT2D eigenvalue weighted by Crippen LogP contribution is -2.46. The summed E-state index contributed by atoms with van der Waals surface area (Å²) in [7, 11) is 3.45. The number of carbonyl (C=O) groups excluding carboxylic acids is 2. The van der Waals surface area contributed by atoms with Crippen LogP contribution in [0.15, 0.2) is 78.9 Å². The summed E-state index contributed by atoms with van der Waals surface area (Å²) in [6, 6.07) is 25.1. The lowest BCUT2D eigenvalue weighted by molar-refractivity contribution is -0.134. The van der Waals surface area contributed by atoms with Crippen molar-refractivity contribution < 1.29 is 19.8 Å². The van der Waals surface area contributed by atoms with E-state index >= 15 is 0 Å². The van der Waals surface area contributed by atoms with E-state index in [-0.39, 0.29) is 23.5 Å². The van der Waals surface area contributed by atoms with Gasteiger partial charge in [-0.05, 0) is 73.8 Å². The Hall–Kier alpha value is -3.64. The molecule has 6 nitrogen and oxygen atoms in total. The minimum Gasteiger partial charge on any atom is -0.508 e. The highest BCUT2D eigenvalue weighted by atomic mass is 16.3. The topological polar surface area (TPSA) is 81.1 Å². The van der Waals surface area contributed by atoms with Crippen molar-refractivity contribution in [2.24, 2.45) is 5.92 Å². The number of piperidine rings is 1. The molecule has 1 saturated heterocycles. The number of aliphatic hydroxyl groups is 1. The van der Waals surface area contributed by atoms with Crippen LogP contribution in [-0.2, 0) is 27.0 Å². The van der Waals surface area contributed by atoms with Crippen molar-refractivity contribution >= 4 is 11.8 Å². The van der Waals surface area contributed by atoms with E-state index in [0.29, 0.717) is 32.4 Å². The van der Waals surface area contributed by atoms with Crippen LogP contribution < -0.4 is 0 Å². The van der Waals surface area contributed by atoms with E-state index in [9.17, 15) is 19.8 Å². The average Bonchev–Trinajstić information content (AvgIpc) is 2.97. The molecule has 4 rings (SSSR count). The van der Waals surface area contributed by atoms with Crippen molar-refractivity contribution in [2.75, 3.05) is 27.2 Å². The maximum absolute atomic E-state index is 13.1. The van der Waals surface area contributed by atoms with Gasteiger partial charge in [-0.3, -0.25) is 9.59 Å². The van der Waals surface area contributed by atoms with E-state index < -0.39 is 11.0 Å². The molecule has 2 N–H and O–H groups in total. The molecule has 6 heteroatoms. The highest BCUT2D eigenvalue weighted by Crippen LogP contribution is 2.42. The van der Waals surface area contributed by atoms with Gasteiger partial charge in [-0.2, -0.15) is 0 Å². The van der Waals surface area contributed by atoms with E-state index in [4.69, 9.17) is 0 Å². The standard InChI is InChI=1S/C34H42N2O4/c1-33(2,32(39)35(3)4)29-19-18-25(30(37)24-29)12-11-17-31(38)36-22-20-28(21-23-36)34(40,26-13-7-5-8-14-26)27-15-9-6-10-16-27/h5-10,13-16,18-19,24,28,37,40H,11-12,17,20-23H2,1-4H3. The first-order valence-corrected chi connectivity index (χ1v) is 14.2. The Morgan fingerprint density at radius 3 is 1.93 bits per heavy atom. The van der Waals surface area contributed by atoms with Crippen molar-refractivity contribution in [3.63, 3.8) is 0 Å². The summed E-state index contributed by atoms with van der Waals surface area (Å²) >= 11 is 0. The molecular formula is C34H42N2O4. The molecule has 0 aromatic heterocycles. The second-order valence-corrected chi connectivity index (χ2v) is 11.7. The molecule has 0 atom stereocenters. The number of likely N-dealkylation sites (N-methyl/N-ethyl adjacent to an activating group) is 1. The quantitative estimate of drug-likeness (QED) is 0.387. The summed E-state index contributed by atoms with van der Waals surface area (Å²) in [6.07, 6.45) is 3.05. The van der Waals surface area contributed by atoms with Gasteiger partial charge in [0.05, 0.1) is 5.41 Å². The third kappa shape index (κ3) is 6.07. The fourth-order valence-corrected chi connectivity index (χ4v) is 6.00. The maximum atomic E-state index is 13.1. The lowest BCUT2D eigenvalue weighted by Gasteiger charge is -2.42. The first-order valence-electron chi connectivity index (χ1n) is 14.2. The number of benzene rings is 3. The van der Waals surface area contributed by atoms with Crippen LogP contribution in [0.2, 0.25) is 0 Å². The van der Waals surface area contributed by atoms with E-state index in [0.717, 1.165) is 35.1 Å². The van der Waals surface area contributed by atoms with Crippen LogP contribution >= 0.6 is 0 Å². The molecule has 1 aliphatic heterocycles. The van der Waals surface area contributed by atoms with Crippen LogP contribution in [-0.4, -0.2) is 59.0 Å². The first kappa shape index (κ1) is 29.3. The summed E-state index contributed by atoms with van der Waals surface area (Å²) in [5.41, 5.74) is 1.45. The predicted molar refractivity (Wildman–Crippen MR) is 158 cm³/mol. The molecule has 2 amide bonds. The number of aromatic hydroxyl groups is 1. The molecule has 0 radical (unpaired) electrons. The van der Waals surface area contributed by atoms with Gasteiger partial charge >= 0.3 is 0 Å². The average molecular weight is 543 g/mol. The number of hydrogen-bond acceptors (Lipinski definition) is 4. The number of amides is 2. The monoisotopic (exact) mass is 542 g/mol. The number of carbonyl (C=O) groups is 2. The minimum atomic E-state index is -1.10. The van der Waals surface area contributed by atoms with E-state index in [1.54, 1.807) is 25.1 Å². The zero-order chi connectivity index (χ0) is 28.9. The van der Waals surface area contributed by atoms with Gasteiger partial charge in [-0.15, -0.1) is 0 Å². The molecular weight excluding hydrogens is 500 g/mol. The molecule has 212 valence electrons. The van der Waals surface area contributed by atoms with Crippen LogP contribution in [0.3, 0.4) is 0 Å². The third-order valence-corrected chi connectivity index (χ3v) is 8.45. The predicted octanol–water partition coefficient (Wildman–Crippen LogP) is 5.26.